The highest BCUT2D eigenvalue weighted by atomic mass is 35.5. The van der Waals surface area contributed by atoms with Crippen LogP contribution in [0.5, 0.6) is 0 Å². The van der Waals surface area contributed by atoms with E-state index in [0.717, 1.165) is 33.6 Å². The molecule has 6 nitrogen and oxygen atoms in total. The molecule has 0 radical (unpaired) electrons. The summed E-state index contributed by atoms with van der Waals surface area (Å²) >= 11 is 6.48. The highest BCUT2D eigenvalue weighted by Crippen LogP contribution is 2.30. The Morgan fingerprint density at radius 2 is 2.04 bits per heavy atom. The number of hydrogen-bond acceptors (Lipinski definition) is 4. The fraction of sp³-hybridized carbons (Fsp3) is 0.286. The van der Waals surface area contributed by atoms with Crippen LogP contribution in [0.2, 0.25) is 5.02 Å². The van der Waals surface area contributed by atoms with Gasteiger partial charge in [0, 0.05) is 11.8 Å². The summed E-state index contributed by atoms with van der Waals surface area (Å²) in [4.78, 5) is 16.9. The highest BCUT2D eigenvalue weighted by Gasteiger charge is 2.28. The molecule has 1 amide bonds. The number of carbonyl (C=O) groups excluding carboxylic acids is 1. The fourth-order valence-electron chi connectivity index (χ4n) is 3.29. The quantitative estimate of drug-likeness (QED) is 0.730. The van der Waals surface area contributed by atoms with Crippen molar-refractivity contribution >= 4 is 17.5 Å². The first-order valence-corrected chi connectivity index (χ1v) is 9.47. The lowest BCUT2D eigenvalue weighted by Gasteiger charge is -2.24. The molecule has 3 aromatic rings. The van der Waals surface area contributed by atoms with Gasteiger partial charge in [-0.25, -0.2) is 4.68 Å². The van der Waals surface area contributed by atoms with Crippen LogP contribution in [0.15, 0.2) is 36.7 Å². The van der Waals surface area contributed by atoms with Crippen LogP contribution < -0.4 is 5.32 Å². The summed E-state index contributed by atoms with van der Waals surface area (Å²) in [6.07, 6.45) is 3.49. The Bertz CT molecular complexity index is 1060. The van der Waals surface area contributed by atoms with Crippen LogP contribution in [0.25, 0.3) is 5.69 Å². The zero-order valence-electron chi connectivity index (χ0n) is 16.0. The van der Waals surface area contributed by atoms with E-state index in [-0.39, 0.29) is 11.9 Å². The average molecular weight is 397 g/mol. The van der Waals surface area contributed by atoms with E-state index in [0.29, 0.717) is 23.9 Å². The number of fused-ring (bicyclic) bond motifs is 1. The van der Waals surface area contributed by atoms with Gasteiger partial charge < -0.3 is 10.1 Å². The van der Waals surface area contributed by atoms with Gasteiger partial charge in [-0.15, -0.1) is 0 Å². The molecule has 1 aliphatic heterocycles. The van der Waals surface area contributed by atoms with Gasteiger partial charge in [-0.2, -0.15) is 5.10 Å². The Balaban J connectivity index is 1.63. The minimum atomic E-state index is -0.294. The maximum Gasteiger partial charge on any atom is 0.270 e. The third kappa shape index (κ3) is 3.30. The van der Waals surface area contributed by atoms with E-state index >= 15 is 0 Å². The molecule has 2 aromatic heterocycles. The van der Waals surface area contributed by atoms with Crippen LogP contribution in [0.1, 0.15) is 44.5 Å². The highest BCUT2D eigenvalue weighted by molar-refractivity contribution is 6.33. The molecule has 1 atom stereocenters. The largest absolute Gasteiger partial charge is 0.373 e. The monoisotopic (exact) mass is 396 g/mol. The lowest BCUT2D eigenvalue weighted by molar-refractivity contribution is 0.0684. The number of rotatable bonds is 3. The zero-order chi connectivity index (χ0) is 19.8. The van der Waals surface area contributed by atoms with Crippen LogP contribution in [-0.2, 0) is 11.3 Å². The first-order chi connectivity index (χ1) is 13.5. The molecule has 0 aliphatic carbocycles. The van der Waals surface area contributed by atoms with Crippen molar-refractivity contribution in [1.29, 1.82) is 0 Å². The van der Waals surface area contributed by atoms with Crippen molar-refractivity contribution in [3.63, 3.8) is 0 Å². The lowest BCUT2D eigenvalue weighted by atomic mass is 10.1. The standard InChI is InChI=1S/C21H21ClN4O2/c1-12-5-4-6-18(20(12)22)26-19-11-28-10-17(15(19)9-24-26)25-21(27)16-7-13(2)14(3)8-23-16/h4-9,17H,10-11H2,1-3H3,(H,25,27)/t17-/m1/s1. The summed E-state index contributed by atoms with van der Waals surface area (Å²) < 4.78 is 7.53. The predicted molar refractivity (Wildman–Crippen MR) is 107 cm³/mol. The van der Waals surface area contributed by atoms with Crippen molar-refractivity contribution < 1.29 is 9.53 Å². The van der Waals surface area contributed by atoms with Crippen LogP contribution in [0, 0.1) is 20.8 Å². The van der Waals surface area contributed by atoms with Crippen LogP contribution in [-0.4, -0.2) is 27.3 Å². The smallest absolute Gasteiger partial charge is 0.270 e. The SMILES string of the molecule is Cc1cnc(C(=O)N[C@@H]2COCc3c2cnn3-c2cccc(C)c2Cl)cc1C. The molecule has 0 saturated heterocycles. The molecule has 0 saturated carbocycles. The molecular formula is C21H21ClN4O2. The van der Waals surface area contributed by atoms with E-state index in [1.54, 1.807) is 23.1 Å². The lowest BCUT2D eigenvalue weighted by Crippen LogP contribution is -2.34. The molecule has 28 heavy (non-hydrogen) atoms. The van der Waals surface area contributed by atoms with Gasteiger partial charge in [0.2, 0.25) is 0 Å². The van der Waals surface area contributed by atoms with E-state index in [9.17, 15) is 4.79 Å². The van der Waals surface area contributed by atoms with Gasteiger partial charge in [0.15, 0.2) is 0 Å². The van der Waals surface area contributed by atoms with E-state index in [2.05, 4.69) is 15.4 Å². The first-order valence-electron chi connectivity index (χ1n) is 9.10. The van der Waals surface area contributed by atoms with Crippen molar-refractivity contribution in [2.75, 3.05) is 6.61 Å². The number of aryl methyl sites for hydroxylation is 3. The van der Waals surface area contributed by atoms with Gasteiger partial charge in [-0.05, 0) is 49.6 Å². The van der Waals surface area contributed by atoms with Gasteiger partial charge in [0.05, 0.1) is 41.9 Å². The Hall–Kier alpha value is -2.70. The minimum absolute atomic E-state index is 0.231. The van der Waals surface area contributed by atoms with Crippen molar-refractivity contribution in [3.8, 4) is 5.69 Å². The average Bonchev–Trinajstić information content (AvgIpc) is 3.11. The van der Waals surface area contributed by atoms with Crippen LogP contribution in [0.3, 0.4) is 0 Å². The maximum absolute atomic E-state index is 12.7. The molecule has 0 fully saturated rings. The summed E-state index contributed by atoms with van der Waals surface area (Å²) in [7, 11) is 0. The second-order valence-corrected chi connectivity index (χ2v) is 7.44. The molecule has 0 spiro atoms. The second-order valence-electron chi connectivity index (χ2n) is 7.06. The Morgan fingerprint density at radius 1 is 1.21 bits per heavy atom. The van der Waals surface area contributed by atoms with Crippen molar-refractivity contribution in [2.45, 2.75) is 33.4 Å². The summed E-state index contributed by atoms with van der Waals surface area (Å²) in [5, 5.41) is 8.18. The van der Waals surface area contributed by atoms with E-state index < -0.39 is 0 Å². The predicted octanol–water partition coefficient (Wildman–Crippen LogP) is 3.85. The molecule has 0 bridgehead atoms. The molecule has 1 N–H and O–H groups in total. The number of halogens is 1. The molecule has 1 aromatic carbocycles. The van der Waals surface area contributed by atoms with Gasteiger partial charge in [-0.1, -0.05) is 23.7 Å². The summed E-state index contributed by atoms with van der Waals surface area (Å²) in [5.41, 5.74) is 6.07. The molecule has 3 heterocycles. The topological polar surface area (TPSA) is 69.0 Å². The van der Waals surface area contributed by atoms with Crippen LogP contribution >= 0.6 is 11.6 Å². The molecule has 0 unspecified atom stereocenters. The van der Waals surface area contributed by atoms with E-state index in [4.69, 9.17) is 16.3 Å². The van der Waals surface area contributed by atoms with Gasteiger partial charge in [0.1, 0.15) is 5.69 Å². The second kappa shape index (κ2) is 7.37. The van der Waals surface area contributed by atoms with Crippen molar-refractivity contribution in [2.24, 2.45) is 0 Å². The zero-order valence-corrected chi connectivity index (χ0v) is 16.7. The Kier molecular flexibility index (Phi) is 4.91. The van der Waals surface area contributed by atoms with Crippen molar-refractivity contribution in [1.82, 2.24) is 20.1 Å². The Labute approximate surface area is 168 Å². The van der Waals surface area contributed by atoms with E-state index in [1.165, 1.54) is 0 Å². The summed E-state index contributed by atoms with van der Waals surface area (Å²) in [6.45, 7) is 6.68. The molecule has 4 rings (SSSR count). The molecular weight excluding hydrogens is 376 g/mol. The number of benzene rings is 1. The van der Waals surface area contributed by atoms with Crippen LogP contribution in [0.4, 0.5) is 0 Å². The third-order valence-electron chi connectivity index (χ3n) is 5.11. The molecule has 1 aliphatic rings. The number of nitrogens with zero attached hydrogens (tertiary/aromatic N) is 3. The maximum atomic E-state index is 12.7. The number of carbonyl (C=O) groups is 1. The van der Waals surface area contributed by atoms with E-state index in [1.807, 2.05) is 39.0 Å². The Morgan fingerprint density at radius 3 is 2.82 bits per heavy atom. The number of aromatic nitrogens is 3. The number of amides is 1. The first kappa shape index (κ1) is 18.7. The number of nitrogens with one attached hydrogen (secondary N) is 1. The number of hydrogen-bond donors (Lipinski definition) is 1. The third-order valence-corrected chi connectivity index (χ3v) is 5.60. The number of pyridine rings is 1. The molecule has 144 valence electrons. The van der Waals surface area contributed by atoms with Gasteiger partial charge in [-0.3, -0.25) is 9.78 Å². The molecule has 7 heteroatoms. The minimum Gasteiger partial charge on any atom is -0.373 e. The summed E-state index contributed by atoms with van der Waals surface area (Å²) in [6, 6.07) is 7.32. The number of ether oxygens (including phenoxy) is 1. The van der Waals surface area contributed by atoms with Crippen molar-refractivity contribution in [3.05, 3.63) is 75.3 Å². The summed E-state index contributed by atoms with van der Waals surface area (Å²) in [5.74, 6) is -0.231. The fourth-order valence-corrected chi connectivity index (χ4v) is 3.49. The van der Waals surface area contributed by atoms with Gasteiger partial charge in [0.25, 0.3) is 5.91 Å². The normalized spacial score (nSPS) is 15.9. The van der Waals surface area contributed by atoms with Gasteiger partial charge >= 0.3 is 0 Å².